The Morgan fingerprint density at radius 1 is 1.00 bits per heavy atom. The Balaban J connectivity index is 1.82. The third-order valence-electron chi connectivity index (χ3n) is 5.30. The highest BCUT2D eigenvalue weighted by Gasteiger charge is 2.25. The van der Waals surface area contributed by atoms with E-state index in [1.54, 1.807) is 4.57 Å². The number of hydrogen-bond acceptors (Lipinski definition) is 5. The summed E-state index contributed by atoms with van der Waals surface area (Å²) < 4.78 is 7.38. The van der Waals surface area contributed by atoms with Gasteiger partial charge in [-0.3, -0.25) is 4.90 Å². The van der Waals surface area contributed by atoms with Gasteiger partial charge in [-0.25, -0.2) is 9.36 Å². The zero-order valence-corrected chi connectivity index (χ0v) is 17.2. The molecule has 0 radical (unpaired) electrons. The van der Waals surface area contributed by atoms with Gasteiger partial charge in [0.1, 0.15) is 11.9 Å². The third kappa shape index (κ3) is 3.72. The van der Waals surface area contributed by atoms with Crippen LogP contribution in [0.1, 0.15) is 20.8 Å². The van der Waals surface area contributed by atoms with Crippen molar-refractivity contribution in [2.45, 2.75) is 26.4 Å². The van der Waals surface area contributed by atoms with Crippen molar-refractivity contribution < 1.29 is 14.3 Å². The topological polar surface area (TPSA) is 54.8 Å². The first-order valence-electron chi connectivity index (χ1n) is 10.1. The first-order chi connectivity index (χ1) is 13.9. The van der Waals surface area contributed by atoms with Crippen LogP contribution in [0.25, 0.3) is 21.8 Å². The predicted molar refractivity (Wildman–Crippen MR) is 116 cm³/mol. The minimum atomic E-state index is -0.568. The van der Waals surface area contributed by atoms with Gasteiger partial charge < -0.3 is 14.4 Å². The van der Waals surface area contributed by atoms with Crippen LogP contribution in [0, 0.1) is 0 Å². The van der Waals surface area contributed by atoms with Crippen molar-refractivity contribution in [1.82, 2.24) is 9.47 Å². The van der Waals surface area contributed by atoms with E-state index in [1.165, 1.54) is 0 Å². The van der Waals surface area contributed by atoms with E-state index in [1.807, 2.05) is 51.1 Å². The van der Waals surface area contributed by atoms with E-state index in [0.717, 1.165) is 60.0 Å². The van der Waals surface area contributed by atoms with Gasteiger partial charge in [0.25, 0.3) is 0 Å². The SMILES string of the molecule is CC(C)(C)OC(=O)n1c2ccccc2c2c(N3CCN(CC=O)CC3)cccc21. The van der Waals surface area contributed by atoms with Crippen LogP contribution in [0.3, 0.4) is 0 Å². The zero-order chi connectivity index (χ0) is 20.6. The van der Waals surface area contributed by atoms with Crippen LogP contribution in [-0.4, -0.2) is 60.2 Å². The van der Waals surface area contributed by atoms with Crippen molar-refractivity contribution in [2.24, 2.45) is 0 Å². The van der Waals surface area contributed by atoms with Gasteiger partial charge >= 0.3 is 6.09 Å². The lowest BCUT2D eigenvalue weighted by Gasteiger charge is -2.35. The number of anilines is 1. The Hall–Kier alpha value is -2.86. The van der Waals surface area contributed by atoms with Gasteiger partial charge in [-0.15, -0.1) is 0 Å². The number of ether oxygens (including phenoxy) is 1. The number of fused-ring (bicyclic) bond motifs is 3. The number of nitrogens with zero attached hydrogens (tertiary/aromatic N) is 3. The second-order valence-electron chi connectivity index (χ2n) is 8.46. The van der Waals surface area contributed by atoms with Gasteiger partial charge in [0.2, 0.25) is 0 Å². The van der Waals surface area contributed by atoms with E-state index in [9.17, 15) is 9.59 Å². The molecule has 152 valence electrons. The zero-order valence-electron chi connectivity index (χ0n) is 17.2. The molecule has 0 atom stereocenters. The Morgan fingerprint density at radius 2 is 1.69 bits per heavy atom. The van der Waals surface area contributed by atoms with Gasteiger partial charge in [0, 0.05) is 42.6 Å². The maximum Gasteiger partial charge on any atom is 0.419 e. The maximum atomic E-state index is 13.0. The molecule has 0 amide bonds. The molecular weight excluding hydrogens is 366 g/mol. The van der Waals surface area contributed by atoms with Crippen molar-refractivity contribution in [3.8, 4) is 0 Å². The van der Waals surface area contributed by atoms with E-state index >= 15 is 0 Å². The lowest BCUT2D eigenvalue weighted by atomic mass is 10.1. The number of carbonyl (C=O) groups is 2. The minimum absolute atomic E-state index is 0.364. The predicted octanol–water partition coefficient (Wildman–Crippen LogP) is 3.90. The maximum absolute atomic E-state index is 13.0. The lowest BCUT2D eigenvalue weighted by molar-refractivity contribution is -0.108. The van der Waals surface area contributed by atoms with Crippen LogP contribution in [-0.2, 0) is 9.53 Å². The van der Waals surface area contributed by atoms with Crippen molar-refractivity contribution in [1.29, 1.82) is 0 Å². The highest BCUT2D eigenvalue weighted by molar-refractivity contribution is 6.17. The highest BCUT2D eigenvalue weighted by atomic mass is 16.6. The van der Waals surface area contributed by atoms with Gasteiger partial charge in [0.15, 0.2) is 0 Å². The van der Waals surface area contributed by atoms with E-state index < -0.39 is 5.60 Å². The molecule has 0 bridgehead atoms. The number of aromatic nitrogens is 1. The molecule has 0 saturated carbocycles. The average molecular weight is 393 g/mol. The van der Waals surface area contributed by atoms with Gasteiger partial charge in [-0.2, -0.15) is 0 Å². The molecule has 0 N–H and O–H groups in total. The summed E-state index contributed by atoms with van der Waals surface area (Å²) in [6, 6.07) is 14.1. The summed E-state index contributed by atoms with van der Waals surface area (Å²) in [6.07, 6.45) is 0.599. The molecule has 3 aromatic rings. The summed E-state index contributed by atoms with van der Waals surface area (Å²) in [7, 11) is 0. The average Bonchev–Trinajstić information content (AvgIpc) is 3.02. The van der Waals surface area contributed by atoms with Crippen molar-refractivity contribution in [3.63, 3.8) is 0 Å². The molecule has 6 heteroatoms. The second kappa shape index (κ2) is 7.52. The summed E-state index contributed by atoms with van der Waals surface area (Å²) in [5.74, 6) is 0. The van der Waals surface area contributed by atoms with Gasteiger partial charge in [-0.1, -0.05) is 24.3 Å². The Kier molecular flexibility index (Phi) is 5.04. The Labute approximate surface area is 170 Å². The number of para-hydroxylation sites is 1. The number of aldehydes is 1. The van der Waals surface area contributed by atoms with Crippen LogP contribution in [0.15, 0.2) is 42.5 Å². The molecular formula is C23H27N3O3. The van der Waals surface area contributed by atoms with Crippen LogP contribution < -0.4 is 4.90 Å². The summed E-state index contributed by atoms with van der Waals surface area (Å²) in [5.41, 5.74) is 2.25. The summed E-state index contributed by atoms with van der Waals surface area (Å²) >= 11 is 0. The van der Waals surface area contributed by atoms with Gasteiger partial charge in [0.05, 0.1) is 17.6 Å². The molecule has 1 aliphatic rings. The summed E-state index contributed by atoms with van der Waals surface area (Å²) in [4.78, 5) is 28.4. The standard InChI is InChI=1S/C23H27N3O3/c1-23(2,3)29-22(28)26-18-8-5-4-7-17(18)21-19(9-6-10-20(21)26)25-13-11-24(12-14-25)15-16-27/h4-10,16H,11-15H2,1-3H3. The number of benzene rings is 2. The number of hydrogen-bond donors (Lipinski definition) is 0. The molecule has 1 aliphatic heterocycles. The minimum Gasteiger partial charge on any atom is -0.443 e. The molecule has 6 nitrogen and oxygen atoms in total. The molecule has 0 aliphatic carbocycles. The van der Waals surface area contributed by atoms with Crippen LogP contribution in [0.4, 0.5) is 10.5 Å². The molecule has 29 heavy (non-hydrogen) atoms. The monoisotopic (exact) mass is 393 g/mol. The Bertz CT molecular complexity index is 1060. The smallest absolute Gasteiger partial charge is 0.419 e. The van der Waals surface area contributed by atoms with Crippen molar-refractivity contribution in [2.75, 3.05) is 37.6 Å². The highest BCUT2D eigenvalue weighted by Crippen LogP contribution is 2.37. The molecule has 0 spiro atoms. The number of carbonyl (C=O) groups excluding carboxylic acids is 2. The van der Waals surface area contributed by atoms with E-state index in [2.05, 4.69) is 21.9 Å². The molecule has 1 fully saturated rings. The summed E-state index contributed by atoms with van der Waals surface area (Å²) in [6.45, 7) is 9.50. The van der Waals surface area contributed by atoms with E-state index in [0.29, 0.717) is 6.54 Å². The Morgan fingerprint density at radius 3 is 2.38 bits per heavy atom. The third-order valence-corrected chi connectivity index (χ3v) is 5.30. The first-order valence-corrected chi connectivity index (χ1v) is 10.1. The fourth-order valence-corrected chi connectivity index (χ4v) is 4.04. The van der Waals surface area contributed by atoms with Crippen LogP contribution in [0.5, 0.6) is 0 Å². The molecule has 1 aromatic heterocycles. The largest absolute Gasteiger partial charge is 0.443 e. The normalized spacial score (nSPS) is 15.8. The molecule has 2 heterocycles. The molecule has 4 rings (SSSR count). The fraction of sp³-hybridized carbons (Fsp3) is 0.391. The van der Waals surface area contributed by atoms with E-state index in [-0.39, 0.29) is 6.09 Å². The quantitative estimate of drug-likeness (QED) is 0.632. The lowest BCUT2D eigenvalue weighted by Crippen LogP contribution is -2.46. The second-order valence-corrected chi connectivity index (χ2v) is 8.46. The molecule has 1 saturated heterocycles. The van der Waals surface area contributed by atoms with Crippen molar-refractivity contribution in [3.05, 3.63) is 42.5 Å². The summed E-state index contributed by atoms with van der Waals surface area (Å²) in [5, 5.41) is 2.11. The van der Waals surface area contributed by atoms with E-state index in [4.69, 9.17) is 4.74 Å². The first kappa shape index (κ1) is 19.5. The fourth-order valence-electron chi connectivity index (χ4n) is 4.04. The number of rotatable bonds is 3. The molecule has 2 aromatic carbocycles. The van der Waals surface area contributed by atoms with Crippen molar-refractivity contribution >= 4 is 39.9 Å². The molecule has 0 unspecified atom stereocenters. The van der Waals surface area contributed by atoms with Crippen LogP contribution in [0.2, 0.25) is 0 Å². The number of piperazine rings is 1. The van der Waals surface area contributed by atoms with Gasteiger partial charge in [-0.05, 0) is 39.0 Å². The van der Waals surface area contributed by atoms with Crippen LogP contribution >= 0.6 is 0 Å².